The average Bonchev–Trinajstić information content (AvgIpc) is 3.43. The Morgan fingerprint density at radius 3 is 2.73 bits per heavy atom. The molecule has 9 nitrogen and oxygen atoms in total. The van der Waals surface area contributed by atoms with Crippen LogP contribution in [0.4, 0.5) is 5.82 Å². The van der Waals surface area contributed by atoms with Crippen molar-refractivity contribution in [1.29, 1.82) is 0 Å². The summed E-state index contributed by atoms with van der Waals surface area (Å²) in [6, 6.07) is 10.6. The van der Waals surface area contributed by atoms with Crippen LogP contribution < -0.4 is 4.90 Å². The third kappa shape index (κ3) is 2.47. The monoisotopic (exact) mass is 399 g/mol. The van der Waals surface area contributed by atoms with Crippen LogP contribution >= 0.6 is 0 Å². The number of anilines is 1. The molecule has 9 heteroatoms. The minimum absolute atomic E-state index is 0.150. The van der Waals surface area contributed by atoms with Gasteiger partial charge in [0, 0.05) is 11.6 Å². The first-order valence-electron chi connectivity index (χ1n) is 10.4. The topological polar surface area (TPSA) is 90.4 Å². The van der Waals surface area contributed by atoms with Crippen LogP contribution in [0.15, 0.2) is 49.2 Å². The molecule has 2 aliphatic rings. The fourth-order valence-electron chi connectivity index (χ4n) is 4.39. The Bertz CT molecular complexity index is 1190. The Labute approximate surface area is 173 Å². The summed E-state index contributed by atoms with van der Waals surface area (Å²) in [6.45, 7) is 2.19. The van der Waals surface area contributed by atoms with E-state index >= 15 is 0 Å². The third-order valence-corrected chi connectivity index (χ3v) is 6.07. The molecule has 0 unspecified atom stereocenters. The molecule has 0 N–H and O–H groups in total. The van der Waals surface area contributed by atoms with Crippen LogP contribution in [0, 0.1) is 0 Å². The number of hydrogen-bond donors (Lipinski definition) is 0. The van der Waals surface area contributed by atoms with Crippen molar-refractivity contribution in [2.45, 2.75) is 44.7 Å². The average molecular weight is 399 g/mol. The molecular weight excluding hydrogens is 378 g/mol. The van der Waals surface area contributed by atoms with Gasteiger partial charge in [0.1, 0.15) is 18.3 Å². The Morgan fingerprint density at radius 1 is 1.10 bits per heavy atom. The smallest absolute Gasteiger partial charge is 0.254 e. The van der Waals surface area contributed by atoms with Crippen LogP contribution in [0.5, 0.6) is 0 Å². The molecule has 6 rings (SSSR count). The van der Waals surface area contributed by atoms with E-state index in [2.05, 4.69) is 37.1 Å². The lowest BCUT2D eigenvalue weighted by molar-refractivity contribution is 0.341. The summed E-state index contributed by atoms with van der Waals surface area (Å²) in [5.74, 6) is 3.11. The number of rotatable bonds is 4. The van der Waals surface area contributed by atoms with Gasteiger partial charge in [0.15, 0.2) is 17.5 Å². The number of hydrogen-bond acceptors (Lipinski definition) is 7. The Morgan fingerprint density at radius 2 is 1.97 bits per heavy atom. The largest absolute Gasteiger partial charge is 0.341 e. The zero-order chi connectivity index (χ0) is 20.1. The van der Waals surface area contributed by atoms with Crippen molar-refractivity contribution >= 4 is 5.82 Å². The van der Waals surface area contributed by atoms with Crippen molar-refractivity contribution in [3.63, 3.8) is 0 Å². The first-order valence-corrected chi connectivity index (χ1v) is 10.4. The number of fused-ring (bicyclic) bond motifs is 3. The SMILES string of the molecule is CC[C@@H]1c2nncn2-c2cnc(-n3ncnc3-c3ccccc3)nc2N1C1CCC1. The Hall–Kier alpha value is -3.62. The molecule has 0 saturated heterocycles. The van der Waals surface area contributed by atoms with Crippen molar-refractivity contribution in [2.75, 3.05) is 4.90 Å². The summed E-state index contributed by atoms with van der Waals surface area (Å²) in [6.07, 6.45) is 9.66. The third-order valence-electron chi connectivity index (χ3n) is 6.07. The summed E-state index contributed by atoms with van der Waals surface area (Å²) in [4.78, 5) is 16.5. The van der Waals surface area contributed by atoms with Gasteiger partial charge in [0.2, 0.25) is 0 Å². The van der Waals surface area contributed by atoms with Crippen LogP contribution in [-0.2, 0) is 0 Å². The van der Waals surface area contributed by atoms with E-state index in [1.54, 1.807) is 17.3 Å². The van der Waals surface area contributed by atoms with Gasteiger partial charge in [-0.15, -0.1) is 10.2 Å². The predicted octanol–water partition coefficient (Wildman–Crippen LogP) is 3.13. The van der Waals surface area contributed by atoms with Crippen LogP contribution in [0.2, 0.25) is 0 Å². The fourth-order valence-corrected chi connectivity index (χ4v) is 4.39. The molecule has 1 aromatic carbocycles. The molecule has 3 aromatic heterocycles. The van der Waals surface area contributed by atoms with Crippen LogP contribution in [0.1, 0.15) is 44.5 Å². The van der Waals surface area contributed by atoms with Crippen LogP contribution in [0.25, 0.3) is 23.0 Å². The maximum absolute atomic E-state index is 5.00. The normalized spacial score (nSPS) is 18.0. The summed E-state index contributed by atoms with van der Waals surface area (Å²) < 4.78 is 3.72. The molecule has 1 aliphatic carbocycles. The van der Waals surface area contributed by atoms with E-state index in [0.717, 1.165) is 35.1 Å². The van der Waals surface area contributed by atoms with Gasteiger partial charge in [0.05, 0.1) is 12.2 Å². The van der Waals surface area contributed by atoms with Gasteiger partial charge in [-0.05, 0) is 25.7 Å². The number of benzene rings is 1. The summed E-state index contributed by atoms with van der Waals surface area (Å²) in [7, 11) is 0. The second kappa shape index (κ2) is 6.72. The highest BCUT2D eigenvalue weighted by molar-refractivity contribution is 5.63. The van der Waals surface area contributed by atoms with E-state index in [0.29, 0.717) is 12.0 Å². The maximum atomic E-state index is 5.00. The molecule has 1 fully saturated rings. The van der Waals surface area contributed by atoms with E-state index < -0.39 is 0 Å². The van der Waals surface area contributed by atoms with E-state index in [-0.39, 0.29) is 6.04 Å². The maximum Gasteiger partial charge on any atom is 0.254 e. The van der Waals surface area contributed by atoms with Gasteiger partial charge in [-0.1, -0.05) is 37.3 Å². The number of nitrogens with zero attached hydrogens (tertiary/aromatic N) is 9. The molecule has 4 heterocycles. The molecule has 0 radical (unpaired) electrons. The Kier molecular flexibility index (Phi) is 3.87. The molecule has 150 valence electrons. The van der Waals surface area contributed by atoms with Gasteiger partial charge in [-0.3, -0.25) is 4.57 Å². The summed E-state index contributed by atoms with van der Waals surface area (Å²) in [5.41, 5.74) is 1.89. The van der Waals surface area contributed by atoms with E-state index in [4.69, 9.17) is 4.98 Å². The quantitative estimate of drug-likeness (QED) is 0.521. The molecule has 0 spiro atoms. The minimum Gasteiger partial charge on any atom is -0.341 e. The lowest BCUT2D eigenvalue weighted by Gasteiger charge is -2.45. The highest BCUT2D eigenvalue weighted by Gasteiger charge is 2.39. The summed E-state index contributed by atoms with van der Waals surface area (Å²) >= 11 is 0. The first kappa shape index (κ1) is 17.3. The lowest BCUT2D eigenvalue weighted by atomic mass is 9.89. The molecule has 1 aliphatic heterocycles. The van der Waals surface area contributed by atoms with Crippen LogP contribution in [0.3, 0.4) is 0 Å². The van der Waals surface area contributed by atoms with Gasteiger partial charge in [-0.2, -0.15) is 14.8 Å². The minimum atomic E-state index is 0.150. The molecular formula is C21H21N9. The predicted molar refractivity (Wildman–Crippen MR) is 110 cm³/mol. The molecule has 4 aromatic rings. The Balaban J connectivity index is 1.51. The summed E-state index contributed by atoms with van der Waals surface area (Å²) in [5, 5.41) is 13.0. The molecule has 1 atom stereocenters. The van der Waals surface area contributed by atoms with Gasteiger partial charge in [-0.25, -0.2) is 9.97 Å². The van der Waals surface area contributed by atoms with Gasteiger partial charge < -0.3 is 4.90 Å². The molecule has 30 heavy (non-hydrogen) atoms. The molecule has 0 bridgehead atoms. The number of aromatic nitrogens is 8. The van der Waals surface area contributed by atoms with Crippen molar-refractivity contribution in [1.82, 2.24) is 39.5 Å². The second-order valence-electron chi connectivity index (χ2n) is 7.72. The van der Waals surface area contributed by atoms with Crippen LogP contribution in [-0.4, -0.2) is 45.5 Å². The van der Waals surface area contributed by atoms with E-state index in [1.165, 1.54) is 19.3 Å². The molecule has 0 amide bonds. The second-order valence-corrected chi connectivity index (χ2v) is 7.72. The lowest BCUT2D eigenvalue weighted by Crippen LogP contribution is -2.46. The van der Waals surface area contributed by atoms with Crippen molar-refractivity contribution < 1.29 is 0 Å². The van der Waals surface area contributed by atoms with Crippen molar-refractivity contribution in [2.24, 2.45) is 0 Å². The highest BCUT2D eigenvalue weighted by atomic mass is 15.4. The van der Waals surface area contributed by atoms with Crippen molar-refractivity contribution in [3.8, 4) is 23.0 Å². The zero-order valence-corrected chi connectivity index (χ0v) is 16.6. The zero-order valence-electron chi connectivity index (χ0n) is 16.6. The fraction of sp³-hybridized carbons (Fsp3) is 0.333. The standard InChI is InChI=1S/C21H21N9/c1-2-16-20-27-24-13-28(20)17-11-22-21(26-19(17)29(16)15-9-6-10-15)30-18(23-12-25-30)14-7-4-3-5-8-14/h3-5,7-8,11-13,15-16H,2,6,9-10H2,1H3/t16-/m1/s1. The van der Waals surface area contributed by atoms with Gasteiger partial charge >= 0.3 is 0 Å². The molecule has 1 saturated carbocycles. The first-order chi connectivity index (χ1) is 14.8. The highest BCUT2D eigenvalue weighted by Crippen LogP contribution is 2.43. The van der Waals surface area contributed by atoms with Gasteiger partial charge in [0.25, 0.3) is 5.95 Å². The van der Waals surface area contributed by atoms with E-state index in [1.807, 2.05) is 41.1 Å². The van der Waals surface area contributed by atoms with Crippen molar-refractivity contribution in [3.05, 3.63) is 55.0 Å². The van der Waals surface area contributed by atoms with E-state index in [9.17, 15) is 0 Å².